The van der Waals surface area contributed by atoms with Gasteiger partial charge in [-0.15, -0.1) is 0 Å². The molecule has 1 saturated carbocycles. The standard InChI is InChI=1S/C16H19NO4/c18-12-7-3-2-6-11(12)17-9-14-15(16(19)20)10-5-1-4-8-13(10)21-14/h1,4-5,8,11-12,17-18H,2-3,6-7,9H2,(H,19,20). The Morgan fingerprint density at radius 1 is 1.29 bits per heavy atom. The highest BCUT2D eigenvalue weighted by atomic mass is 16.4. The molecule has 0 radical (unpaired) electrons. The average Bonchev–Trinajstić information content (AvgIpc) is 2.85. The van der Waals surface area contributed by atoms with Crippen molar-refractivity contribution in [3.05, 3.63) is 35.6 Å². The molecule has 0 aliphatic heterocycles. The smallest absolute Gasteiger partial charge is 0.339 e. The predicted molar refractivity (Wildman–Crippen MR) is 78.3 cm³/mol. The van der Waals surface area contributed by atoms with E-state index in [0.29, 0.717) is 23.3 Å². The minimum atomic E-state index is -0.985. The molecule has 1 aromatic carbocycles. The minimum absolute atomic E-state index is 0.00797. The van der Waals surface area contributed by atoms with E-state index in [9.17, 15) is 15.0 Å². The average molecular weight is 289 g/mol. The first-order valence-corrected chi connectivity index (χ1v) is 7.32. The van der Waals surface area contributed by atoms with E-state index < -0.39 is 5.97 Å². The molecule has 1 fully saturated rings. The Labute approximate surface area is 122 Å². The number of rotatable bonds is 4. The van der Waals surface area contributed by atoms with Crippen molar-refractivity contribution in [1.82, 2.24) is 5.32 Å². The lowest BCUT2D eigenvalue weighted by atomic mass is 9.92. The van der Waals surface area contributed by atoms with E-state index in [1.54, 1.807) is 18.2 Å². The highest BCUT2D eigenvalue weighted by molar-refractivity contribution is 6.03. The fourth-order valence-electron chi connectivity index (χ4n) is 3.03. The molecule has 0 amide bonds. The predicted octanol–water partition coefficient (Wildman–Crippen LogP) is 2.52. The lowest BCUT2D eigenvalue weighted by molar-refractivity contribution is 0.0695. The molecule has 112 valence electrons. The monoisotopic (exact) mass is 289 g/mol. The molecule has 5 nitrogen and oxygen atoms in total. The summed E-state index contributed by atoms with van der Waals surface area (Å²) in [7, 11) is 0. The van der Waals surface area contributed by atoms with Crippen LogP contribution in [0.1, 0.15) is 41.8 Å². The van der Waals surface area contributed by atoms with Crippen molar-refractivity contribution in [2.75, 3.05) is 0 Å². The van der Waals surface area contributed by atoms with Crippen LogP contribution in [0.15, 0.2) is 28.7 Å². The molecule has 1 aliphatic rings. The zero-order valence-corrected chi connectivity index (χ0v) is 11.7. The fourth-order valence-corrected chi connectivity index (χ4v) is 3.03. The molecule has 1 heterocycles. The molecule has 2 aromatic rings. The van der Waals surface area contributed by atoms with Crippen LogP contribution in [0, 0.1) is 0 Å². The fraction of sp³-hybridized carbons (Fsp3) is 0.438. The molecule has 0 spiro atoms. The number of carboxylic acid groups (broad SMARTS) is 1. The van der Waals surface area contributed by atoms with Gasteiger partial charge >= 0.3 is 5.97 Å². The van der Waals surface area contributed by atoms with Gasteiger partial charge in [0.25, 0.3) is 0 Å². The number of carboxylic acids is 1. The number of para-hydroxylation sites is 1. The van der Waals surface area contributed by atoms with E-state index in [1.807, 2.05) is 6.07 Å². The van der Waals surface area contributed by atoms with E-state index in [2.05, 4.69) is 5.32 Å². The van der Waals surface area contributed by atoms with Gasteiger partial charge in [0.1, 0.15) is 16.9 Å². The Balaban J connectivity index is 1.83. The van der Waals surface area contributed by atoms with Crippen LogP contribution < -0.4 is 5.32 Å². The number of benzene rings is 1. The second-order valence-electron chi connectivity index (χ2n) is 5.54. The van der Waals surface area contributed by atoms with Crippen molar-refractivity contribution in [3.8, 4) is 0 Å². The van der Waals surface area contributed by atoms with Crippen LogP contribution in [0.4, 0.5) is 0 Å². The summed E-state index contributed by atoms with van der Waals surface area (Å²) in [6.45, 7) is 0.317. The first-order valence-electron chi connectivity index (χ1n) is 7.32. The second-order valence-corrected chi connectivity index (χ2v) is 5.54. The second kappa shape index (κ2) is 5.87. The highest BCUT2D eigenvalue weighted by Crippen LogP contribution is 2.26. The molecule has 21 heavy (non-hydrogen) atoms. The van der Waals surface area contributed by atoms with Crippen LogP contribution in [0.25, 0.3) is 11.0 Å². The summed E-state index contributed by atoms with van der Waals surface area (Å²) >= 11 is 0. The van der Waals surface area contributed by atoms with Crippen LogP contribution in [-0.4, -0.2) is 28.3 Å². The Morgan fingerprint density at radius 3 is 2.81 bits per heavy atom. The minimum Gasteiger partial charge on any atom is -0.478 e. The van der Waals surface area contributed by atoms with Crippen molar-refractivity contribution < 1.29 is 19.4 Å². The Morgan fingerprint density at radius 2 is 2.05 bits per heavy atom. The maximum Gasteiger partial charge on any atom is 0.339 e. The quantitative estimate of drug-likeness (QED) is 0.805. The number of hydrogen-bond donors (Lipinski definition) is 3. The van der Waals surface area contributed by atoms with Crippen LogP contribution >= 0.6 is 0 Å². The third-order valence-corrected chi connectivity index (χ3v) is 4.14. The molecule has 5 heteroatoms. The number of aliphatic hydroxyl groups excluding tert-OH is 1. The number of aromatic carboxylic acids is 1. The summed E-state index contributed by atoms with van der Waals surface area (Å²) in [4.78, 5) is 11.5. The van der Waals surface area contributed by atoms with Crippen molar-refractivity contribution in [3.63, 3.8) is 0 Å². The van der Waals surface area contributed by atoms with E-state index >= 15 is 0 Å². The Kier molecular flexibility index (Phi) is 3.94. The van der Waals surface area contributed by atoms with Gasteiger partial charge in [0.2, 0.25) is 0 Å². The zero-order valence-electron chi connectivity index (χ0n) is 11.7. The van der Waals surface area contributed by atoms with E-state index in [0.717, 1.165) is 25.7 Å². The summed E-state index contributed by atoms with van der Waals surface area (Å²) in [6, 6.07) is 7.14. The van der Waals surface area contributed by atoms with Gasteiger partial charge in [0, 0.05) is 11.4 Å². The number of fused-ring (bicyclic) bond motifs is 1. The Hall–Kier alpha value is -1.85. The molecule has 2 unspecified atom stereocenters. The summed E-state index contributed by atoms with van der Waals surface area (Å²) in [5, 5.41) is 23.2. The van der Waals surface area contributed by atoms with Crippen molar-refractivity contribution >= 4 is 16.9 Å². The van der Waals surface area contributed by atoms with Crippen LogP contribution in [-0.2, 0) is 6.54 Å². The summed E-state index contributed by atoms with van der Waals surface area (Å²) in [5.74, 6) is -0.567. The molecular formula is C16H19NO4. The summed E-state index contributed by atoms with van der Waals surface area (Å²) in [5.41, 5.74) is 0.791. The first kappa shape index (κ1) is 14.1. The van der Waals surface area contributed by atoms with Gasteiger partial charge in [-0.05, 0) is 18.9 Å². The number of furan rings is 1. The van der Waals surface area contributed by atoms with Crippen LogP contribution in [0.3, 0.4) is 0 Å². The van der Waals surface area contributed by atoms with E-state index in [-0.39, 0.29) is 17.7 Å². The third-order valence-electron chi connectivity index (χ3n) is 4.14. The largest absolute Gasteiger partial charge is 0.478 e. The summed E-state index contributed by atoms with van der Waals surface area (Å²) < 4.78 is 5.66. The molecule has 1 aliphatic carbocycles. The topological polar surface area (TPSA) is 82.7 Å². The molecule has 1 aromatic heterocycles. The third kappa shape index (κ3) is 2.80. The first-order chi connectivity index (χ1) is 10.2. The zero-order chi connectivity index (χ0) is 14.8. The van der Waals surface area contributed by atoms with Gasteiger partial charge < -0.3 is 19.9 Å². The maximum absolute atomic E-state index is 11.5. The molecular weight excluding hydrogens is 270 g/mol. The molecule has 0 bridgehead atoms. The molecule has 3 rings (SSSR count). The lowest BCUT2D eigenvalue weighted by Crippen LogP contribution is -2.41. The van der Waals surface area contributed by atoms with Crippen molar-refractivity contribution in [2.45, 2.75) is 44.4 Å². The van der Waals surface area contributed by atoms with E-state index in [4.69, 9.17) is 4.42 Å². The van der Waals surface area contributed by atoms with E-state index in [1.165, 1.54) is 0 Å². The molecule has 0 saturated heterocycles. The highest BCUT2D eigenvalue weighted by Gasteiger charge is 2.25. The maximum atomic E-state index is 11.5. The SMILES string of the molecule is O=C(O)c1c(CNC2CCCCC2O)oc2ccccc12. The number of aliphatic hydroxyl groups is 1. The number of hydrogen-bond acceptors (Lipinski definition) is 4. The van der Waals surface area contributed by atoms with Gasteiger partial charge in [-0.1, -0.05) is 31.0 Å². The normalized spacial score (nSPS) is 22.5. The van der Waals surface area contributed by atoms with Crippen LogP contribution in [0.5, 0.6) is 0 Å². The summed E-state index contributed by atoms with van der Waals surface area (Å²) in [6.07, 6.45) is 3.47. The van der Waals surface area contributed by atoms with Gasteiger partial charge in [-0.25, -0.2) is 4.79 Å². The number of nitrogens with one attached hydrogen (secondary N) is 1. The van der Waals surface area contributed by atoms with Gasteiger partial charge in [0.15, 0.2) is 0 Å². The van der Waals surface area contributed by atoms with Crippen LogP contribution in [0.2, 0.25) is 0 Å². The van der Waals surface area contributed by atoms with Crippen molar-refractivity contribution in [1.29, 1.82) is 0 Å². The van der Waals surface area contributed by atoms with Gasteiger partial charge in [0.05, 0.1) is 12.6 Å². The molecule has 2 atom stereocenters. The Bertz CT molecular complexity index is 649. The molecule has 3 N–H and O–H groups in total. The number of carbonyl (C=O) groups is 1. The van der Waals surface area contributed by atoms with Gasteiger partial charge in [-0.3, -0.25) is 0 Å². The van der Waals surface area contributed by atoms with Crippen molar-refractivity contribution in [2.24, 2.45) is 0 Å². The van der Waals surface area contributed by atoms with Gasteiger partial charge in [-0.2, -0.15) is 0 Å². The lowest BCUT2D eigenvalue weighted by Gasteiger charge is -2.28.